The van der Waals surface area contributed by atoms with Gasteiger partial charge >= 0.3 is 6.03 Å². The Balaban J connectivity index is 2.04. The second kappa shape index (κ2) is 6.42. The zero-order valence-corrected chi connectivity index (χ0v) is 15.5. The molecule has 0 radical (unpaired) electrons. The lowest BCUT2D eigenvalue weighted by Gasteiger charge is -2.43. The first kappa shape index (κ1) is 18.4. The molecule has 0 aromatic heterocycles. The molecule has 3 amide bonds. The first-order chi connectivity index (χ1) is 11.6. The van der Waals surface area contributed by atoms with E-state index in [9.17, 15) is 23.2 Å². The van der Waals surface area contributed by atoms with Gasteiger partial charge in [-0.1, -0.05) is 11.6 Å². The van der Waals surface area contributed by atoms with Crippen molar-refractivity contribution in [3.63, 3.8) is 0 Å². The molecule has 4 atom stereocenters. The van der Waals surface area contributed by atoms with Gasteiger partial charge < -0.3 is 5.32 Å². The molecule has 1 aliphatic carbocycles. The fourth-order valence-electron chi connectivity index (χ4n) is 3.46. The minimum atomic E-state index is -3.88. The summed E-state index contributed by atoms with van der Waals surface area (Å²) in [7, 11) is -3.88. The molecule has 136 valence electrons. The minimum absolute atomic E-state index is 0.0300. The summed E-state index contributed by atoms with van der Waals surface area (Å²) in [4.78, 5) is 24.0. The maximum Gasteiger partial charge on any atom is 0.348 e. The lowest BCUT2D eigenvalue weighted by molar-refractivity contribution is -0.163. The van der Waals surface area contributed by atoms with Gasteiger partial charge in [-0.3, -0.25) is 10.0 Å². The molecule has 7 nitrogen and oxygen atoms in total. The van der Waals surface area contributed by atoms with Gasteiger partial charge in [0, 0.05) is 10.4 Å². The Morgan fingerprint density at radius 3 is 2.56 bits per heavy atom. The van der Waals surface area contributed by atoms with E-state index in [1.165, 1.54) is 12.1 Å². The zero-order valence-electron chi connectivity index (χ0n) is 13.1. The molecular formula is C15H16Cl2N2O5S. The van der Waals surface area contributed by atoms with E-state index in [4.69, 9.17) is 23.2 Å². The van der Waals surface area contributed by atoms with Gasteiger partial charge in [-0.2, -0.15) is 0 Å². The van der Waals surface area contributed by atoms with Crippen molar-refractivity contribution in [3.8, 4) is 0 Å². The molecule has 4 unspecified atom stereocenters. The number of carbonyl (C=O) groups is 2. The number of rotatable bonds is 2. The fourth-order valence-corrected chi connectivity index (χ4v) is 6.27. The highest BCUT2D eigenvalue weighted by molar-refractivity contribution is 7.92. The van der Waals surface area contributed by atoms with Crippen molar-refractivity contribution >= 4 is 45.0 Å². The second-order valence-corrected chi connectivity index (χ2v) is 9.46. The molecule has 1 aromatic rings. The van der Waals surface area contributed by atoms with E-state index < -0.39 is 44.4 Å². The predicted molar refractivity (Wildman–Crippen MR) is 90.5 cm³/mol. The molecular weight excluding hydrogens is 391 g/mol. The number of hydrogen-bond donors (Lipinski definition) is 2. The number of aryl methyl sites for hydroxylation is 1. The highest BCUT2D eigenvalue weighted by Gasteiger charge is 2.53. The van der Waals surface area contributed by atoms with E-state index in [0.717, 1.165) is 0 Å². The van der Waals surface area contributed by atoms with Crippen LogP contribution in [0.25, 0.3) is 0 Å². The van der Waals surface area contributed by atoms with Gasteiger partial charge in [0.15, 0.2) is 9.84 Å². The first-order valence-electron chi connectivity index (χ1n) is 7.61. The fraction of sp³-hybridized carbons (Fsp3) is 0.467. The average molecular weight is 407 g/mol. The molecule has 25 heavy (non-hydrogen) atoms. The van der Waals surface area contributed by atoms with Gasteiger partial charge in [0.2, 0.25) is 0 Å². The number of amides is 3. The molecule has 2 N–H and O–H groups in total. The summed E-state index contributed by atoms with van der Waals surface area (Å²) in [5.41, 5.74) is 0.680. The number of fused-ring (bicyclic) bond motifs is 1. The summed E-state index contributed by atoms with van der Waals surface area (Å²) < 4.78 is 26.2. The molecule has 0 bridgehead atoms. The summed E-state index contributed by atoms with van der Waals surface area (Å²) in [5, 5.41) is 10.5. The number of sulfone groups is 1. The molecule has 0 spiro atoms. The van der Waals surface area contributed by atoms with Crippen LogP contribution in [0.1, 0.15) is 18.4 Å². The van der Waals surface area contributed by atoms with E-state index in [-0.39, 0.29) is 27.8 Å². The first-order valence-corrected chi connectivity index (χ1v) is 9.97. The van der Waals surface area contributed by atoms with Gasteiger partial charge in [-0.25, -0.2) is 13.2 Å². The maximum atomic E-state index is 13.1. The number of nitrogens with zero attached hydrogens (tertiary/aromatic N) is 1. The Bertz CT molecular complexity index is 824. The summed E-state index contributed by atoms with van der Waals surface area (Å²) in [6, 6.07) is 2.40. The Labute approximate surface area is 154 Å². The maximum absolute atomic E-state index is 13.1. The van der Waals surface area contributed by atoms with E-state index in [0.29, 0.717) is 5.56 Å². The molecule has 1 saturated heterocycles. The van der Waals surface area contributed by atoms with Crippen LogP contribution in [0.2, 0.25) is 5.02 Å². The predicted octanol–water partition coefficient (Wildman–Crippen LogP) is 2.12. The number of urea groups is 1. The smallest absolute Gasteiger partial charge is 0.331 e. The van der Waals surface area contributed by atoms with Crippen LogP contribution in [0.15, 0.2) is 23.1 Å². The lowest BCUT2D eigenvalue weighted by Crippen LogP contribution is -2.67. The topological polar surface area (TPSA) is 104 Å². The van der Waals surface area contributed by atoms with Crippen LogP contribution in [-0.4, -0.2) is 47.3 Å². The molecule has 1 aliphatic heterocycles. The van der Waals surface area contributed by atoms with Crippen LogP contribution < -0.4 is 5.32 Å². The van der Waals surface area contributed by atoms with Gasteiger partial charge in [-0.15, -0.1) is 16.7 Å². The molecule has 1 aromatic carbocycles. The van der Waals surface area contributed by atoms with Crippen molar-refractivity contribution in [2.75, 3.05) is 0 Å². The zero-order chi connectivity index (χ0) is 18.5. The van der Waals surface area contributed by atoms with E-state index in [1.807, 2.05) is 0 Å². The van der Waals surface area contributed by atoms with Gasteiger partial charge in [0.05, 0.1) is 22.1 Å². The van der Waals surface area contributed by atoms with Crippen molar-refractivity contribution in [1.29, 1.82) is 0 Å². The molecule has 2 aliphatic rings. The van der Waals surface area contributed by atoms with E-state index in [2.05, 4.69) is 5.32 Å². The average Bonchev–Trinajstić information content (AvgIpc) is 2.51. The number of carbonyl (C=O) groups excluding carboxylic acids is 2. The minimum Gasteiger partial charge on any atom is -0.331 e. The van der Waals surface area contributed by atoms with Gasteiger partial charge in [-0.05, 0) is 43.5 Å². The normalized spacial score (nSPS) is 30.0. The van der Waals surface area contributed by atoms with Crippen molar-refractivity contribution in [1.82, 2.24) is 10.4 Å². The third kappa shape index (κ3) is 3.12. The summed E-state index contributed by atoms with van der Waals surface area (Å²) in [6.07, 6.45) is 0.448. The Hall–Kier alpha value is -1.35. The SMILES string of the molecule is Cc1cc(Cl)cc(S(=O)(=O)C2CCC(Cl)C3C(=O)N(O)C(=O)NC32)c1. The molecule has 10 heteroatoms. The molecule has 3 rings (SSSR count). The highest BCUT2D eigenvalue weighted by atomic mass is 35.5. The quantitative estimate of drug-likeness (QED) is 0.578. The number of nitrogens with one attached hydrogen (secondary N) is 1. The van der Waals surface area contributed by atoms with Crippen molar-refractivity contribution < 1.29 is 23.2 Å². The van der Waals surface area contributed by atoms with Crippen molar-refractivity contribution in [3.05, 3.63) is 28.8 Å². The number of hydroxylamine groups is 2. The van der Waals surface area contributed by atoms with Crippen molar-refractivity contribution in [2.45, 2.75) is 41.3 Å². The molecule has 2 fully saturated rings. The molecule has 1 heterocycles. The van der Waals surface area contributed by atoms with Crippen LogP contribution in [0.3, 0.4) is 0 Å². The number of alkyl halides is 1. The Kier molecular flexibility index (Phi) is 4.74. The lowest BCUT2D eigenvalue weighted by atomic mass is 9.82. The number of imide groups is 1. The Morgan fingerprint density at radius 1 is 1.24 bits per heavy atom. The van der Waals surface area contributed by atoms with Crippen molar-refractivity contribution in [2.24, 2.45) is 5.92 Å². The van der Waals surface area contributed by atoms with Crippen LogP contribution >= 0.6 is 23.2 Å². The largest absolute Gasteiger partial charge is 0.348 e. The summed E-state index contributed by atoms with van der Waals surface area (Å²) >= 11 is 12.2. The van der Waals surface area contributed by atoms with E-state index >= 15 is 0 Å². The van der Waals surface area contributed by atoms with Crippen LogP contribution in [0.4, 0.5) is 4.79 Å². The van der Waals surface area contributed by atoms with Gasteiger partial charge in [0.1, 0.15) is 0 Å². The third-order valence-electron chi connectivity index (χ3n) is 4.62. The van der Waals surface area contributed by atoms with Crippen LogP contribution in [-0.2, 0) is 14.6 Å². The second-order valence-electron chi connectivity index (χ2n) is 6.29. The summed E-state index contributed by atoms with van der Waals surface area (Å²) in [6.45, 7) is 1.72. The number of hydrogen-bond acceptors (Lipinski definition) is 5. The third-order valence-corrected chi connectivity index (χ3v) is 7.55. The molecule has 1 saturated carbocycles. The highest BCUT2D eigenvalue weighted by Crippen LogP contribution is 2.38. The summed E-state index contributed by atoms with van der Waals surface area (Å²) in [5.74, 6) is -1.91. The van der Waals surface area contributed by atoms with Crippen LogP contribution in [0.5, 0.6) is 0 Å². The van der Waals surface area contributed by atoms with Gasteiger partial charge in [0.25, 0.3) is 5.91 Å². The standard InChI is InChI=1S/C15H16Cl2N2O5S/c1-7-4-8(16)6-9(5-7)25(23,24)11-3-2-10(17)12-13(11)18-15(21)19(22)14(12)20/h4-6,10-13,22H,2-3H2,1H3,(H,18,21). The monoisotopic (exact) mass is 406 g/mol. The Morgan fingerprint density at radius 2 is 1.92 bits per heavy atom. The number of halogens is 2. The van der Waals surface area contributed by atoms with E-state index in [1.54, 1.807) is 13.0 Å². The van der Waals surface area contributed by atoms with Crippen LogP contribution in [0, 0.1) is 12.8 Å². The number of benzene rings is 1.